The number of rotatable bonds is 14. The second-order valence-corrected chi connectivity index (χ2v) is 14.4. The zero-order valence-corrected chi connectivity index (χ0v) is 30.8. The number of aliphatic hydroxyl groups excluding tert-OH is 1. The highest BCUT2D eigenvalue weighted by molar-refractivity contribution is 5.87. The number of phenolic OH excluding ortho intramolecular Hbond substituents is 1. The number of aromatic nitrogens is 3. The highest BCUT2D eigenvalue weighted by Crippen LogP contribution is 2.31. The molecule has 6 aromatic rings. The topological polar surface area (TPSA) is 175 Å². The number of nitrogens with one attached hydrogen (secondary N) is 3. The predicted octanol–water partition coefficient (Wildman–Crippen LogP) is 5.64. The van der Waals surface area contributed by atoms with E-state index < -0.39 is 18.2 Å². The standard InChI is InChI=1S/C43H44N6O7/c50-35-15-13-33(34-14-16-38(52)45-41(34)35)36(51)24-44-20-17-27-9-11-30(12-10-27)42-46-39(56-48-42)26-54-32-8-4-7-31(23-32)40(29-5-2-1-3-6-29)47-43(53)55-37-25-49-21-18-28(37)19-22-49/h1-16,23,28,36-37,40,44,50-51H,17-22,24-26H2,(H,45,52)(H,47,53)/t36?,37-,40?/m0/s1. The number of alkyl carbamates (subject to hydrolysis) is 1. The molecule has 13 nitrogen and oxygen atoms in total. The normalized spacial score (nSPS) is 18.7. The summed E-state index contributed by atoms with van der Waals surface area (Å²) >= 11 is 0. The Labute approximate surface area is 323 Å². The number of benzene rings is 4. The Balaban J connectivity index is 0.837. The summed E-state index contributed by atoms with van der Waals surface area (Å²) in [7, 11) is 0. The van der Waals surface area contributed by atoms with Crippen molar-refractivity contribution >= 4 is 17.0 Å². The molecule has 0 aliphatic carbocycles. The number of carbonyl (C=O) groups is 1. The summed E-state index contributed by atoms with van der Waals surface area (Å²) in [5.41, 5.74) is 4.27. The van der Waals surface area contributed by atoms with Crippen molar-refractivity contribution in [2.45, 2.75) is 44.1 Å². The van der Waals surface area contributed by atoms with E-state index in [-0.39, 0.29) is 24.0 Å². The summed E-state index contributed by atoms with van der Waals surface area (Å²) in [6.07, 6.45) is 1.51. The van der Waals surface area contributed by atoms with E-state index in [4.69, 9.17) is 14.0 Å². The fourth-order valence-electron chi connectivity index (χ4n) is 7.65. The Morgan fingerprint density at radius 2 is 1.77 bits per heavy atom. The van der Waals surface area contributed by atoms with Gasteiger partial charge in [0.25, 0.3) is 5.89 Å². The van der Waals surface area contributed by atoms with Crippen LogP contribution in [0.4, 0.5) is 4.79 Å². The van der Waals surface area contributed by atoms with E-state index in [1.165, 1.54) is 12.1 Å². The Kier molecular flexibility index (Phi) is 11.1. The first-order chi connectivity index (χ1) is 27.4. The third-order valence-electron chi connectivity index (χ3n) is 10.7. The molecule has 13 heteroatoms. The molecule has 0 spiro atoms. The SMILES string of the molecule is O=C(NC(c1ccccc1)c1cccc(OCc2nc(-c3ccc(CCNCC(O)c4ccc(O)c5[nH]c(=O)ccc45)cc3)no2)c1)O[C@H]1CN2CCC1CC2. The quantitative estimate of drug-likeness (QED) is 0.0871. The summed E-state index contributed by atoms with van der Waals surface area (Å²) in [6, 6.07) is 30.9. The Morgan fingerprint density at radius 3 is 2.55 bits per heavy atom. The summed E-state index contributed by atoms with van der Waals surface area (Å²) in [5.74, 6) is 1.74. The first kappa shape index (κ1) is 36.9. The van der Waals surface area contributed by atoms with Crippen molar-refractivity contribution in [2.75, 3.05) is 32.7 Å². The Morgan fingerprint density at radius 1 is 0.964 bits per heavy atom. The van der Waals surface area contributed by atoms with Crippen molar-refractivity contribution in [1.82, 2.24) is 30.7 Å². The molecule has 3 fully saturated rings. The van der Waals surface area contributed by atoms with Crippen molar-refractivity contribution in [1.29, 1.82) is 0 Å². The van der Waals surface area contributed by atoms with Gasteiger partial charge in [-0.2, -0.15) is 4.98 Å². The van der Waals surface area contributed by atoms with Crippen LogP contribution in [0.25, 0.3) is 22.3 Å². The van der Waals surface area contributed by atoms with Crippen molar-refractivity contribution in [3.63, 3.8) is 0 Å². The number of aromatic hydroxyl groups is 1. The number of nitrogens with zero attached hydrogens (tertiary/aromatic N) is 3. The monoisotopic (exact) mass is 756 g/mol. The first-order valence-corrected chi connectivity index (χ1v) is 19.0. The molecule has 3 aliphatic heterocycles. The van der Waals surface area contributed by atoms with Crippen LogP contribution in [0.3, 0.4) is 0 Å². The lowest BCUT2D eigenvalue weighted by Crippen LogP contribution is -2.52. The molecule has 2 bridgehead atoms. The third-order valence-corrected chi connectivity index (χ3v) is 10.7. The minimum atomic E-state index is -0.829. The van der Waals surface area contributed by atoms with Gasteiger partial charge in [0.1, 0.15) is 17.6 Å². The lowest BCUT2D eigenvalue weighted by molar-refractivity contribution is -0.0336. The molecule has 0 radical (unpaired) electrons. The number of aliphatic hydroxyl groups is 1. The highest BCUT2D eigenvalue weighted by atomic mass is 16.6. The lowest BCUT2D eigenvalue weighted by Gasteiger charge is -2.43. The summed E-state index contributed by atoms with van der Waals surface area (Å²) in [5, 5.41) is 32.1. The van der Waals surface area contributed by atoms with Crippen LogP contribution in [0.15, 0.2) is 112 Å². The van der Waals surface area contributed by atoms with E-state index in [2.05, 4.69) is 30.7 Å². The van der Waals surface area contributed by atoms with E-state index in [1.54, 1.807) is 12.1 Å². The number of carbonyl (C=O) groups excluding carboxylic acids is 1. The molecule has 1 amide bonds. The molecule has 288 valence electrons. The van der Waals surface area contributed by atoms with Gasteiger partial charge < -0.3 is 39.8 Å². The van der Waals surface area contributed by atoms with Gasteiger partial charge >= 0.3 is 6.09 Å². The van der Waals surface area contributed by atoms with E-state index in [1.807, 2.05) is 78.9 Å². The maximum Gasteiger partial charge on any atom is 0.408 e. The van der Waals surface area contributed by atoms with Crippen LogP contribution in [-0.2, 0) is 17.8 Å². The Hall–Kier alpha value is -6.02. The van der Waals surface area contributed by atoms with Crippen LogP contribution >= 0.6 is 0 Å². The number of fused-ring (bicyclic) bond motifs is 4. The molecule has 5 N–H and O–H groups in total. The van der Waals surface area contributed by atoms with E-state index >= 15 is 0 Å². The zero-order valence-electron chi connectivity index (χ0n) is 30.8. The van der Waals surface area contributed by atoms with Gasteiger partial charge in [-0.3, -0.25) is 9.69 Å². The van der Waals surface area contributed by atoms with Crippen molar-refractivity contribution in [2.24, 2.45) is 5.92 Å². The van der Waals surface area contributed by atoms with Crippen LogP contribution in [0.2, 0.25) is 0 Å². The summed E-state index contributed by atoms with van der Waals surface area (Å²) < 4.78 is 17.6. The molecule has 3 aliphatic rings. The van der Waals surface area contributed by atoms with Gasteiger partial charge in [0.05, 0.1) is 17.7 Å². The number of hydrogen-bond donors (Lipinski definition) is 5. The molecule has 0 saturated carbocycles. The van der Waals surface area contributed by atoms with E-state index in [0.717, 1.165) is 61.2 Å². The maximum absolute atomic E-state index is 13.2. The Bertz CT molecular complexity index is 2320. The zero-order chi connectivity index (χ0) is 38.4. The van der Waals surface area contributed by atoms with Gasteiger partial charge in [0, 0.05) is 30.1 Å². The summed E-state index contributed by atoms with van der Waals surface area (Å²) in [6.45, 7) is 3.94. The number of hydrogen-bond acceptors (Lipinski definition) is 11. The predicted molar refractivity (Wildman–Crippen MR) is 209 cm³/mol. The van der Waals surface area contributed by atoms with E-state index in [0.29, 0.717) is 52.9 Å². The second-order valence-electron chi connectivity index (χ2n) is 14.4. The molecule has 3 saturated heterocycles. The number of amides is 1. The molecule has 3 atom stereocenters. The molecule has 2 unspecified atom stereocenters. The van der Waals surface area contributed by atoms with Gasteiger partial charge in [-0.1, -0.05) is 78.0 Å². The number of piperidine rings is 3. The smallest absolute Gasteiger partial charge is 0.408 e. The average molecular weight is 757 g/mol. The van der Waals surface area contributed by atoms with Gasteiger partial charge in [-0.25, -0.2) is 4.79 Å². The van der Waals surface area contributed by atoms with Crippen LogP contribution in [0.1, 0.15) is 53.1 Å². The molecular weight excluding hydrogens is 713 g/mol. The average Bonchev–Trinajstić information content (AvgIpc) is 3.71. The molecule has 2 aromatic heterocycles. The fourth-order valence-corrected chi connectivity index (χ4v) is 7.65. The van der Waals surface area contributed by atoms with Crippen LogP contribution in [0.5, 0.6) is 11.5 Å². The number of aromatic amines is 1. The van der Waals surface area contributed by atoms with Crippen LogP contribution in [-0.4, -0.2) is 75.2 Å². The van der Waals surface area contributed by atoms with E-state index in [9.17, 15) is 19.8 Å². The van der Waals surface area contributed by atoms with Gasteiger partial charge in [0.2, 0.25) is 11.4 Å². The van der Waals surface area contributed by atoms with Gasteiger partial charge in [-0.05, 0) is 91.3 Å². The fraction of sp³-hybridized carbons (Fsp3) is 0.302. The number of ether oxygens (including phenoxy) is 2. The lowest BCUT2D eigenvalue weighted by atomic mass is 9.86. The maximum atomic E-state index is 13.2. The molecule has 4 aromatic carbocycles. The van der Waals surface area contributed by atoms with Crippen LogP contribution in [0, 0.1) is 5.92 Å². The number of pyridine rings is 1. The highest BCUT2D eigenvalue weighted by Gasteiger charge is 2.37. The van der Waals surface area contributed by atoms with Crippen molar-refractivity contribution in [3.05, 3.63) is 142 Å². The number of H-pyrrole nitrogens is 1. The molecule has 5 heterocycles. The molecule has 9 rings (SSSR count). The molecule has 56 heavy (non-hydrogen) atoms. The largest absolute Gasteiger partial charge is 0.506 e. The van der Waals surface area contributed by atoms with Gasteiger partial charge in [0.15, 0.2) is 6.61 Å². The number of phenols is 1. The van der Waals surface area contributed by atoms with Crippen molar-refractivity contribution in [3.8, 4) is 22.9 Å². The third kappa shape index (κ3) is 8.60. The molecular formula is C43H44N6O7. The minimum Gasteiger partial charge on any atom is -0.506 e. The van der Waals surface area contributed by atoms with Gasteiger partial charge in [-0.15, -0.1) is 0 Å². The van der Waals surface area contributed by atoms with Crippen LogP contribution < -0.4 is 20.9 Å². The minimum absolute atomic E-state index is 0.0427. The second kappa shape index (κ2) is 16.8. The summed E-state index contributed by atoms with van der Waals surface area (Å²) in [4.78, 5) is 34.5. The first-order valence-electron chi connectivity index (χ1n) is 19.0. The van der Waals surface area contributed by atoms with Crippen molar-refractivity contribution < 1.29 is 29.0 Å².